The molecule has 3 N–H and O–H groups in total. The molecule has 9 nitrogen and oxygen atoms in total. The highest BCUT2D eigenvalue weighted by Gasteiger charge is 2.60. The van der Waals surface area contributed by atoms with Gasteiger partial charge in [0.1, 0.15) is 23.4 Å². The number of fused-ring (bicyclic) bond motifs is 4. The molecule has 6 rings (SSSR count). The van der Waals surface area contributed by atoms with Crippen LogP contribution in [0.2, 0.25) is 0 Å². The molecule has 4 aliphatic rings. The molecule has 1 aromatic heterocycles. The number of aromatic nitrogens is 1. The zero-order valence-electron chi connectivity index (χ0n) is 21.7. The summed E-state index contributed by atoms with van der Waals surface area (Å²) in [5, 5.41) is 3.14. The SMILES string of the molecule is CS(=O)(=O)/C(F)=C\[C@H](C[C@@H]1CCNC1=O)NC(=O)[C@H]1[C@@H]2CC[C@@H](CC2(F)F)N1C(=O)c1cc2c(F)ccc(F)c2[nH]1. The van der Waals surface area contributed by atoms with Gasteiger partial charge in [-0.25, -0.2) is 26.0 Å². The fourth-order valence-electron chi connectivity index (χ4n) is 6.10. The zero-order chi connectivity index (χ0) is 29.9. The molecule has 4 fully saturated rings. The molecule has 1 aliphatic carbocycles. The Balaban J connectivity index is 1.49. The number of rotatable bonds is 7. The molecule has 5 atom stereocenters. The Morgan fingerprint density at radius 3 is 2.51 bits per heavy atom. The van der Waals surface area contributed by atoms with Gasteiger partial charge < -0.3 is 20.5 Å². The second-order valence-electron chi connectivity index (χ2n) is 10.8. The minimum Gasteiger partial charge on any atom is -0.356 e. The Kier molecular flexibility index (Phi) is 7.37. The summed E-state index contributed by atoms with van der Waals surface area (Å²) in [6, 6.07) is -1.48. The van der Waals surface area contributed by atoms with Gasteiger partial charge in [0, 0.05) is 36.6 Å². The van der Waals surface area contributed by atoms with Gasteiger partial charge in [-0.05, 0) is 50.0 Å². The van der Waals surface area contributed by atoms with Crippen molar-refractivity contribution in [1.82, 2.24) is 20.5 Å². The molecule has 1 saturated carbocycles. The van der Waals surface area contributed by atoms with E-state index in [-0.39, 0.29) is 35.9 Å². The summed E-state index contributed by atoms with van der Waals surface area (Å²) in [6.45, 7) is 0.314. The number of hydrogen-bond acceptors (Lipinski definition) is 5. The van der Waals surface area contributed by atoms with Gasteiger partial charge in [-0.2, -0.15) is 4.39 Å². The smallest absolute Gasteiger partial charge is 0.271 e. The predicted molar refractivity (Wildman–Crippen MR) is 136 cm³/mol. The average molecular weight is 603 g/mol. The van der Waals surface area contributed by atoms with Gasteiger partial charge >= 0.3 is 0 Å². The monoisotopic (exact) mass is 602 g/mol. The fraction of sp³-hybridized carbons (Fsp3) is 0.500. The zero-order valence-corrected chi connectivity index (χ0v) is 22.5. The third-order valence-electron chi connectivity index (χ3n) is 8.07. The van der Waals surface area contributed by atoms with Gasteiger partial charge in [-0.15, -0.1) is 0 Å². The van der Waals surface area contributed by atoms with E-state index in [1.165, 1.54) is 0 Å². The molecule has 2 bridgehead atoms. The lowest BCUT2D eigenvalue weighted by molar-refractivity contribution is -0.179. The number of piperidine rings is 2. The van der Waals surface area contributed by atoms with Crippen LogP contribution in [0.3, 0.4) is 0 Å². The second-order valence-corrected chi connectivity index (χ2v) is 12.8. The predicted octanol–water partition coefficient (Wildman–Crippen LogP) is 2.94. The normalized spacial score (nSPS) is 26.7. The van der Waals surface area contributed by atoms with Crippen LogP contribution in [0.4, 0.5) is 22.0 Å². The van der Waals surface area contributed by atoms with Crippen molar-refractivity contribution in [2.45, 2.75) is 56.2 Å². The quantitative estimate of drug-likeness (QED) is 0.420. The molecular weight excluding hydrogens is 575 g/mol. The topological polar surface area (TPSA) is 128 Å². The van der Waals surface area contributed by atoms with Crippen LogP contribution in [0, 0.1) is 23.5 Å². The first-order valence-corrected chi connectivity index (χ1v) is 14.9. The molecule has 222 valence electrons. The molecule has 0 unspecified atom stereocenters. The van der Waals surface area contributed by atoms with Crippen molar-refractivity contribution in [1.29, 1.82) is 0 Å². The van der Waals surface area contributed by atoms with Crippen molar-refractivity contribution in [3.8, 4) is 0 Å². The Hall–Kier alpha value is -3.49. The number of carbonyl (C=O) groups excluding carboxylic acids is 3. The number of hydrogen-bond donors (Lipinski definition) is 3. The van der Waals surface area contributed by atoms with Crippen molar-refractivity contribution in [2.24, 2.45) is 11.8 Å². The van der Waals surface area contributed by atoms with E-state index in [1.54, 1.807) is 0 Å². The van der Waals surface area contributed by atoms with Gasteiger partial charge in [0.15, 0.2) is 0 Å². The van der Waals surface area contributed by atoms with Crippen molar-refractivity contribution in [2.75, 3.05) is 12.8 Å². The van der Waals surface area contributed by atoms with Gasteiger partial charge in [0.05, 0.1) is 17.5 Å². The van der Waals surface area contributed by atoms with Crippen LogP contribution in [-0.4, -0.2) is 72.9 Å². The van der Waals surface area contributed by atoms with Gasteiger partial charge in [0.2, 0.25) is 26.8 Å². The Labute approximate surface area is 231 Å². The van der Waals surface area contributed by atoms with Crippen molar-refractivity contribution in [3.63, 3.8) is 0 Å². The van der Waals surface area contributed by atoms with E-state index in [0.29, 0.717) is 25.3 Å². The largest absolute Gasteiger partial charge is 0.356 e. The number of amides is 3. The molecule has 3 amide bonds. The van der Waals surface area contributed by atoms with Crippen molar-refractivity contribution in [3.05, 3.63) is 46.8 Å². The third-order valence-corrected chi connectivity index (χ3v) is 8.92. The molecule has 1 aromatic carbocycles. The number of aromatic amines is 1. The summed E-state index contributed by atoms with van der Waals surface area (Å²) < 4.78 is 96.6. The first kappa shape index (κ1) is 29.0. The molecule has 41 heavy (non-hydrogen) atoms. The molecule has 15 heteroatoms. The van der Waals surface area contributed by atoms with Crippen LogP contribution < -0.4 is 10.6 Å². The van der Waals surface area contributed by atoms with Crippen LogP contribution in [0.15, 0.2) is 29.4 Å². The van der Waals surface area contributed by atoms with E-state index in [2.05, 4.69) is 15.6 Å². The summed E-state index contributed by atoms with van der Waals surface area (Å²) in [5.74, 6) is -9.77. The Morgan fingerprint density at radius 1 is 1.20 bits per heavy atom. The molecule has 3 aliphatic heterocycles. The maximum absolute atomic E-state index is 15.1. The highest BCUT2D eigenvalue weighted by molar-refractivity contribution is 7.94. The molecule has 4 heterocycles. The summed E-state index contributed by atoms with van der Waals surface area (Å²) >= 11 is 0. The van der Waals surface area contributed by atoms with Crippen LogP contribution in [-0.2, 0) is 19.4 Å². The van der Waals surface area contributed by atoms with Crippen LogP contribution >= 0.6 is 0 Å². The standard InChI is InChI=1S/C26H27F5N4O5S/c1-41(39,40)20(29)9-13(8-12-6-7-32-23(12)36)33-24(37)22-16-3-2-14(11-26(16,30)31)35(22)25(38)19-10-15-17(27)4-5-18(28)21(15)34-19/h4-5,9-10,12-14,16,22,34H,2-3,6-8,11H2,1H3,(H,32,36)(H,33,37)/b20-9-/t12-,13-,14-,16-,22+/m0/s1. The number of alkyl halides is 2. The number of H-pyrrole nitrogens is 1. The van der Waals surface area contributed by atoms with Crippen molar-refractivity contribution >= 4 is 38.5 Å². The lowest BCUT2D eigenvalue weighted by Crippen LogP contribution is -2.68. The summed E-state index contributed by atoms with van der Waals surface area (Å²) in [5.41, 5.74) is -0.627. The number of halogens is 5. The summed E-state index contributed by atoms with van der Waals surface area (Å²) in [4.78, 5) is 42.8. The van der Waals surface area contributed by atoms with Crippen LogP contribution in [0.25, 0.3) is 10.9 Å². The average Bonchev–Trinajstić information content (AvgIpc) is 3.52. The summed E-state index contributed by atoms with van der Waals surface area (Å²) in [6.07, 6.45) is 0.618. The lowest BCUT2D eigenvalue weighted by atomic mass is 9.71. The van der Waals surface area contributed by atoms with Gasteiger partial charge in [-0.3, -0.25) is 14.4 Å². The first-order chi connectivity index (χ1) is 19.2. The molecule has 2 aromatic rings. The highest BCUT2D eigenvalue weighted by Crippen LogP contribution is 2.49. The van der Waals surface area contributed by atoms with E-state index in [0.717, 1.165) is 23.1 Å². The molecular formula is C26H27F5N4O5S. The van der Waals surface area contributed by atoms with Gasteiger partial charge in [-0.1, -0.05) is 0 Å². The Bertz CT molecular complexity index is 1520. The number of benzene rings is 1. The van der Waals surface area contributed by atoms with E-state index in [1.807, 2.05) is 0 Å². The molecule has 0 radical (unpaired) electrons. The fourth-order valence-corrected chi connectivity index (χ4v) is 6.51. The maximum Gasteiger partial charge on any atom is 0.271 e. The van der Waals surface area contributed by atoms with Gasteiger partial charge in [0.25, 0.3) is 11.8 Å². The Morgan fingerprint density at radius 2 is 1.90 bits per heavy atom. The van der Waals surface area contributed by atoms with Crippen molar-refractivity contribution < 1.29 is 44.8 Å². The van der Waals surface area contributed by atoms with E-state index in [4.69, 9.17) is 0 Å². The van der Waals surface area contributed by atoms with E-state index >= 15 is 8.78 Å². The minimum atomic E-state index is -4.32. The second kappa shape index (κ2) is 10.4. The van der Waals surface area contributed by atoms with E-state index in [9.17, 15) is 36.0 Å². The number of sulfone groups is 1. The molecule has 0 spiro atoms. The number of nitrogens with one attached hydrogen (secondary N) is 3. The van der Waals surface area contributed by atoms with E-state index < -0.39 is 86.7 Å². The minimum absolute atomic E-state index is 0.112. The maximum atomic E-state index is 15.1. The number of nitrogens with zero attached hydrogens (tertiary/aromatic N) is 1. The molecule has 3 saturated heterocycles. The first-order valence-electron chi connectivity index (χ1n) is 13.0. The van der Waals surface area contributed by atoms with Crippen LogP contribution in [0.5, 0.6) is 0 Å². The third kappa shape index (κ3) is 5.43. The lowest BCUT2D eigenvalue weighted by Gasteiger charge is -2.53. The van der Waals surface area contributed by atoms with Crippen LogP contribution in [0.1, 0.15) is 42.6 Å². The summed E-state index contributed by atoms with van der Waals surface area (Å²) in [7, 11) is -4.32. The highest BCUT2D eigenvalue weighted by atomic mass is 32.2. The number of carbonyl (C=O) groups is 3.